The third kappa shape index (κ3) is 7.62. The van der Waals surface area contributed by atoms with Gasteiger partial charge in [-0.15, -0.1) is 0 Å². The molecule has 0 spiro atoms. The monoisotopic (exact) mass is 508 g/mol. The maximum atomic E-state index is 13.5. The highest BCUT2D eigenvalue weighted by atomic mass is 35.5. The van der Waals surface area contributed by atoms with Crippen LogP contribution in [0.25, 0.3) is 0 Å². The Morgan fingerprint density at radius 3 is 2.42 bits per heavy atom. The second-order valence-corrected chi connectivity index (χ2v) is 10.3. The highest BCUT2D eigenvalue weighted by Crippen LogP contribution is 2.19. The second kappa shape index (κ2) is 12.6. The van der Waals surface area contributed by atoms with Crippen molar-refractivity contribution in [2.24, 2.45) is 5.92 Å². The Balaban J connectivity index is 1.74. The summed E-state index contributed by atoms with van der Waals surface area (Å²) >= 11 is 6.38. The van der Waals surface area contributed by atoms with E-state index in [1.54, 1.807) is 4.90 Å². The average molecular weight is 509 g/mol. The zero-order valence-electron chi connectivity index (χ0n) is 21.9. The Labute approximate surface area is 219 Å². The zero-order chi connectivity index (χ0) is 26.2. The van der Waals surface area contributed by atoms with Crippen LogP contribution in [0.1, 0.15) is 44.5 Å². The van der Waals surface area contributed by atoms with Gasteiger partial charge in [0.2, 0.25) is 5.91 Å². The molecule has 0 saturated heterocycles. The Morgan fingerprint density at radius 1 is 1.00 bits per heavy atom. The summed E-state index contributed by atoms with van der Waals surface area (Å²) in [6.07, 6.45) is 2.01. The van der Waals surface area contributed by atoms with Gasteiger partial charge in [-0.2, -0.15) is 0 Å². The smallest absolute Gasteiger partial charge is 0.322 e. The Bertz CT molecular complexity index is 1170. The first-order valence-corrected chi connectivity index (χ1v) is 12.8. The topological polar surface area (TPSA) is 57.6 Å². The van der Waals surface area contributed by atoms with E-state index in [0.717, 1.165) is 27.5 Å². The number of anilines is 1. The summed E-state index contributed by atoms with van der Waals surface area (Å²) < 4.78 is 2.12. The second-order valence-electron chi connectivity index (χ2n) is 9.91. The van der Waals surface area contributed by atoms with Crippen molar-refractivity contribution in [1.29, 1.82) is 0 Å². The predicted octanol–water partition coefficient (Wildman–Crippen LogP) is 6.43. The highest BCUT2D eigenvalue weighted by molar-refractivity contribution is 6.31. The third-order valence-corrected chi connectivity index (χ3v) is 6.34. The molecule has 0 aliphatic carbocycles. The van der Waals surface area contributed by atoms with E-state index >= 15 is 0 Å². The van der Waals surface area contributed by atoms with Crippen molar-refractivity contribution in [2.45, 2.75) is 53.8 Å². The van der Waals surface area contributed by atoms with Crippen LogP contribution in [0.5, 0.6) is 0 Å². The maximum absolute atomic E-state index is 13.5. The number of hydrogen-bond acceptors (Lipinski definition) is 2. The molecule has 0 aliphatic heterocycles. The Hall–Kier alpha value is -3.25. The number of carbonyl (C=O) groups excluding carboxylic acids is 2. The lowest BCUT2D eigenvalue weighted by atomic mass is 10.2. The number of aryl methyl sites for hydroxylation is 1. The third-order valence-electron chi connectivity index (χ3n) is 5.97. The molecule has 0 saturated carbocycles. The molecule has 6 nitrogen and oxygen atoms in total. The first-order chi connectivity index (χ1) is 17.1. The number of rotatable bonds is 10. The lowest BCUT2D eigenvalue weighted by Crippen LogP contribution is -2.48. The van der Waals surface area contributed by atoms with Crippen molar-refractivity contribution in [1.82, 2.24) is 14.4 Å². The van der Waals surface area contributed by atoms with E-state index in [2.05, 4.69) is 23.7 Å². The van der Waals surface area contributed by atoms with Crippen molar-refractivity contribution in [3.8, 4) is 0 Å². The zero-order valence-corrected chi connectivity index (χ0v) is 22.6. The number of nitrogens with one attached hydrogen (secondary N) is 1. The quantitative estimate of drug-likeness (QED) is 0.343. The van der Waals surface area contributed by atoms with Gasteiger partial charge in [0.1, 0.15) is 6.54 Å². The molecular weight excluding hydrogens is 472 g/mol. The number of urea groups is 1. The molecule has 1 N–H and O–H groups in total. The number of amides is 3. The van der Waals surface area contributed by atoms with Gasteiger partial charge in [0.05, 0.1) is 6.54 Å². The fraction of sp³-hybridized carbons (Fsp3) is 0.379. The lowest BCUT2D eigenvalue weighted by molar-refractivity contribution is -0.133. The fourth-order valence-electron chi connectivity index (χ4n) is 4.10. The molecule has 7 heteroatoms. The Morgan fingerprint density at radius 2 is 1.75 bits per heavy atom. The van der Waals surface area contributed by atoms with Gasteiger partial charge in [-0.3, -0.25) is 4.79 Å². The highest BCUT2D eigenvalue weighted by Gasteiger charge is 2.25. The van der Waals surface area contributed by atoms with Crippen LogP contribution in [0.2, 0.25) is 5.02 Å². The van der Waals surface area contributed by atoms with Crippen LogP contribution in [0.4, 0.5) is 10.5 Å². The predicted molar refractivity (Wildman–Crippen MR) is 147 cm³/mol. The average Bonchev–Trinajstić information content (AvgIpc) is 3.24. The number of benzene rings is 2. The van der Waals surface area contributed by atoms with Crippen molar-refractivity contribution in [2.75, 3.05) is 18.4 Å². The van der Waals surface area contributed by atoms with Gasteiger partial charge in [0.15, 0.2) is 0 Å². The standard InChI is InChI=1S/C29H37ClN4O2/c1-21(2)17-33(19-26-13-9-15-32(26)18-24-11-6-7-14-27(24)30)28(35)20-34(22(3)4)29(36)31-25-12-8-10-23(5)16-25/h6-16,21-22H,17-20H2,1-5H3,(H,31,36). The SMILES string of the molecule is Cc1cccc(NC(=O)N(CC(=O)N(Cc2cccn2Cc2ccccc2Cl)CC(C)C)C(C)C)c1. The molecular formula is C29H37ClN4O2. The minimum Gasteiger partial charge on any atom is -0.345 e. The summed E-state index contributed by atoms with van der Waals surface area (Å²) in [5.74, 6) is 0.205. The van der Waals surface area contributed by atoms with Crippen LogP contribution in [0.3, 0.4) is 0 Å². The molecule has 2 aromatic carbocycles. The van der Waals surface area contributed by atoms with Gasteiger partial charge in [-0.1, -0.05) is 55.8 Å². The molecule has 0 fully saturated rings. The van der Waals surface area contributed by atoms with E-state index in [1.807, 2.05) is 92.5 Å². The van der Waals surface area contributed by atoms with Crippen LogP contribution in [-0.2, 0) is 17.9 Å². The minimum absolute atomic E-state index is 0.00720. The number of aromatic nitrogens is 1. The summed E-state index contributed by atoms with van der Waals surface area (Å²) in [6.45, 7) is 11.7. The largest absolute Gasteiger partial charge is 0.345 e. The first kappa shape index (κ1) is 27.3. The van der Waals surface area contributed by atoms with E-state index in [-0.39, 0.29) is 30.4 Å². The molecule has 1 aromatic heterocycles. The van der Waals surface area contributed by atoms with Gasteiger partial charge in [-0.05, 0) is 68.1 Å². The normalized spacial score (nSPS) is 11.1. The molecule has 192 valence electrons. The van der Waals surface area contributed by atoms with Crippen LogP contribution in [0, 0.1) is 12.8 Å². The lowest BCUT2D eigenvalue weighted by Gasteiger charge is -2.31. The molecule has 0 atom stereocenters. The molecule has 0 bridgehead atoms. The minimum atomic E-state index is -0.282. The maximum Gasteiger partial charge on any atom is 0.322 e. The molecule has 0 aliphatic rings. The van der Waals surface area contributed by atoms with Gasteiger partial charge >= 0.3 is 6.03 Å². The summed E-state index contributed by atoms with van der Waals surface area (Å²) in [5.41, 5.74) is 3.82. The van der Waals surface area contributed by atoms with E-state index in [0.29, 0.717) is 19.6 Å². The van der Waals surface area contributed by atoms with Crippen molar-refractivity contribution < 1.29 is 9.59 Å². The summed E-state index contributed by atoms with van der Waals surface area (Å²) in [5, 5.41) is 3.66. The number of carbonyl (C=O) groups is 2. The molecule has 0 radical (unpaired) electrons. The molecule has 1 heterocycles. The summed E-state index contributed by atoms with van der Waals surface area (Å²) in [4.78, 5) is 30.0. The van der Waals surface area contributed by atoms with Gasteiger partial charge in [0.25, 0.3) is 0 Å². The van der Waals surface area contributed by atoms with Crippen molar-refractivity contribution >= 4 is 29.2 Å². The number of hydrogen-bond donors (Lipinski definition) is 1. The molecule has 3 rings (SSSR count). The van der Waals surface area contributed by atoms with E-state index in [4.69, 9.17) is 11.6 Å². The van der Waals surface area contributed by atoms with Crippen molar-refractivity contribution in [3.05, 3.63) is 88.7 Å². The number of halogens is 1. The molecule has 3 amide bonds. The Kier molecular flexibility index (Phi) is 9.59. The van der Waals surface area contributed by atoms with Gasteiger partial charge in [-0.25, -0.2) is 4.79 Å². The summed E-state index contributed by atoms with van der Waals surface area (Å²) in [7, 11) is 0. The summed E-state index contributed by atoms with van der Waals surface area (Å²) in [6, 6.07) is 19.0. The van der Waals surface area contributed by atoms with Gasteiger partial charge in [0, 0.05) is 41.7 Å². The van der Waals surface area contributed by atoms with E-state index in [1.165, 1.54) is 0 Å². The first-order valence-electron chi connectivity index (χ1n) is 12.4. The fourth-order valence-corrected chi connectivity index (χ4v) is 4.30. The van der Waals surface area contributed by atoms with E-state index in [9.17, 15) is 9.59 Å². The molecule has 3 aromatic rings. The number of nitrogens with zero attached hydrogens (tertiary/aromatic N) is 3. The van der Waals surface area contributed by atoms with Crippen LogP contribution < -0.4 is 5.32 Å². The van der Waals surface area contributed by atoms with Gasteiger partial charge < -0.3 is 19.7 Å². The molecule has 36 heavy (non-hydrogen) atoms. The van der Waals surface area contributed by atoms with Crippen molar-refractivity contribution in [3.63, 3.8) is 0 Å². The van der Waals surface area contributed by atoms with E-state index < -0.39 is 0 Å². The molecule has 0 unspecified atom stereocenters. The van der Waals surface area contributed by atoms with Crippen LogP contribution in [0.15, 0.2) is 66.9 Å². The van der Waals surface area contributed by atoms with Crippen LogP contribution in [-0.4, -0.2) is 45.4 Å². The van der Waals surface area contributed by atoms with Crippen LogP contribution >= 0.6 is 11.6 Å².